The summed E-state index contributed by atoms with van der Waals surface area (Å²) in [5.74, 6) is 0.655. The number of aliphatic hydroxyl groups is 1. The highest BCUT2D eigenvalue weighted by molar-refractivity contribution is 6.30. The third kappa shape index (κ3) is 3.75. The molecule has 0 saturated carbocycles. The number of rotatable bonds is 5. The average molecular weight is 267 g/mol. The minimum absolute atomic E-state index is 0.219. The first-order valence-electron chi connectivity index (χ1n) is 5.68. The monoisotopic (exact) mass is 266 g/mol. The fourth-order valence-corrected chi connectivity index (χ4v) is 1.80. The molecule has 0 radical (unpaired) electrons. The van der Waals surface area contributed by atoms with Crippen LogP contribution in [0.1, 0.15) is 5.69 Å². The molecular formula is C13H15ClN2O2. The van der Waals surface area contributed by atoms with Gasteiger partial charge in [0.2, 0.25) is 0 Å². The fraction of sp³-hybridized carbons (Fsp3) is 0.308. The van der Waals surface area contributed by atoms with Gasteiger partial charge in [0, 0.05) is 24.7 Å². The first-order valence-corrected chi connectivity index (χ1v) is 6.06. The quantitative estimate of drug-likeness (QED) is 0.901. The van der Waals surface area contributed by atoms with Crippen LogP contribution in [0.3, 0.4) is 0 Å². The summed E-state index contributed by atoms with van der Waals surface area (Å²) in [7, 11) is 1.85. The lowest BCUT2D eigenvalue weighted by Crippen LogP contribution is -2.20. The normalized spacial score (nSPS) is 12.4. The Bertz CT molecular complexity index is 513. The van der Waals surface area contributed by atoms with Crippen LogP contribution in [0.4, 0.5) is 0 Å². The maximum atomic E-state index is 9.84. The molecule has 0 fully saturated rings. The van der Waals surface area contributed by atoms with Gasteiger partial charge in [-0.3, -0.25) is 4.68 Å². The predicted octanol–water partition coefficient (Wildman–Crippen LogP) is 2.06. The van der Waals surface area contributed by atoms with E-state index in [1.54, 1.807) is 22.9 Å². The zero-order valence-electron chi connectivity index (χ0n) is 10.1. The molecule has 0 aliphatic heterocycles. The summed E-state index contributed by atoms with van der Waals surface area (Å²) in [6.45, 7) is 0.219. The van der Waals surface area contributed by atoms with Gasteiger partial charge in [-0.25, -0.2) is 0 Å². The van der Waals surface area contributed by atoms with Crippen LogP contribution in [-0.2, 0) is 13.5 Å². The molecule has 5 heteroatoms. The summed E-state index contributed by atoms with van der Waals surface area (Å²) >= 11 is 5.84. The van der Waals surface area contributed by atoms with Crippen LogP contribution in [0.2, 0.25) is 5.02 Å². The van der Waals surface area contributed by atoms with Crippen molar-refractivity contribution in [2.45, 2.75) is 12.5 Å². The Balaban J connectivity index is 1.83. The number of hydrogen-bond acceptors (Lipinski definition) is 3. The number of hydrogen-bond donors (Lipinski definition) is 1. The van der Waals surface area contributed by atoms with Gasteiger partial charge in [-0.05, 0) is 24.3 Å². The van der Waals surface area contributed by atoms with E-state index in [1.165, 1.54) is 0 Å². The number of ether oxygens (including phenoxy) is 1. The molecule has 0 aliphatic rings. The molecule has 2 aromatic rings. The van der Waals surface area contributed by atoms with Crippen LogP contribution >= 0.6 is 11.6 Å². The minimum atomic E-state index is -0.584. The van der Waals surface area contributed by atoms with Gasteiger partial charge >= 0.3 is 0 Å². The maximum absolute atomic E-state index is 9.84. The number of halogens is 1. The summed E-state index contributed by atoms with van der Waals surface area (Å²) < 4.78 is 7.17. The van der Waals surface area contributed by atoms with E-state index in [9.17, 15) is 5.11 Å². The van der Waals surface area contributed by atoms with Crippen molar-refractivity contribution in [1.82, 2.24) is 9.78 Å². The predicted molar refractivity (Wildman–Crippen MR) is 69.9 cm³/mol. The van der Waals surface area contributed by atoms with Crippen LogP contribution in [0, 0.1) is 0 Å². The molecule has 4 nitrogen and oxygen atoms in total. The van der Waals surface area contributed by atoms with Crippen molar-refractivity contribution >= 4 is 11.6 Å². The molecule has 1 atom stereocenters. The molecule has 1 aromatic heterocycles. The summed E-state index contributed by atoms with van der Waals surface area (Å²) in [4.78, 5) is 0. The molecule has 2 rings (SSSR count). The molecule has 0 spiro atoms. The highest BCUT2D eigenvalue weighted by Gasteiger charge is 2.08. The number of nitrogens with zero attached hydrogens (tertiary/aromatic N) is 2. The molecule has 0 saturated heterocycles. The highest BCUT2D eigenvalue weighted by atomic mass is 35.5. The summed E-state index contributed by atoms with van der Waals surface area (Å²) in [5, 5.41) is 14.7. The average Bonchev–Trinajstić information content (AvgIpc) is 2.72. The maximum Gasteiger partial charge on any atom is 0.120 e. The van der Waals surface area contributed by atoms with Gasteiger partial charge in [-0.1, -0.05) is 17.7 Å². The van der Waals surface area contributed by atoms with E-state index in [2.05, 4.69) is 5.10 Å². The summed E-state index contributed by atoms with van der Waals surface area (Å²) in [6.07, 6.45) is 1.74. The minimum Gasteiger partial charge on any atom is -0.491 e. The van der Waals surface area contributed by atoms with Crippen molar-refractivity contribution in [2.75, 3.05) is 6.61 Å². The van der Waals surface area contributed by atoms with E-state index in [1.807, 2.05) is 25.4 Å². The smallest absolute Gasteiger partial charge is 0.120 e. The van der Waals surface area contributed by atoms with E-state index >= 15 is 0 Å². The second-order valence-electron chi connectivity index (χ2n) is 4.11. The molecule has 0 bridgehead atoms. The zero-order chi connectivity index (χ0) is 13.0. The highest BCUT2D eigenvalue weighted by Crippen LogP contribution is 2.17. The first-order chi connectivity index (χ1) is 8.63. The molecule has 1 heterocycles. The van der Waals surface area contributed by atoms with E-state index in [0.717, 1.165) is 5.69 Å². The molecule has 1 N–H and O–H groups in total. The number of benzene rings is 1. The van der Waals surface area contributed by atoms with Crippen LogP contribution in [-0.4, -0.2) is 27.6 Å². The van der Waals surface area contributed by atoms with Crippen LogP contribution in [0.5, 0.6) is 5.75 Å². The zero-order valence-corrected chi connectivity index (χ0v) is 10.8. The van der Waals surface area contributed by atoms with E-state index in [-0.39, 0.29) is 6.61 Å². The van der Waals surface area contributed by atoms with Crippen molar-refractivity contribution in [3.63, 3.8) is 0 Å². The summed E-state index contributed by atoms with van der Waals surface area (Å²) in [6, 6.07) is 8.98. The Kier molecular flexibility index (Phi) is 4.23. The lowest BCUT2D eigenvalue weighted by molar-refractivity contribution is 0.107. The van der Waals surface area contributed by atoms with Crippen molar-refractivity contribution in [2.24, 2.45) is 7.05 Å². The van der Waals surface area contributed by atoms with Gasteiger partial charge < -0.3 is 9.84 Å². The lowest BCUT2D eigenvalue weighted by atomic mass is 10.2. The second-order valence-corrected chi connectivity index (χ2v) is 4.54. The largest absolute Gasteiger partial charge is 0.491 e. The van der Waals surface area contributed by atoms with Crippen molar-refractivity contribution in [1.29, 1.82) is 0 Å². The Labute approximate surface area is 111 Å². The third-order valence-electron chi connectivity index (χ3n) is 2.45. The van der Waals surface area contributed by atoms with E-state index in [4.69, 9.17) is 16.3 Å². The lowest BCUT2D eigenvalue weighted by Gasteiger charge is -2.11. The second kappa shape index (κ2) is 5.89. The topological polar surface area (TPSA) is 47.3 Å². The van der Waals surface area contributed by atoms with Gasteiger partial charge in [-0.15, -0.1) is 0 Å². The molecular weight excluding hydrogens is 252 g/mol. The van der Waals surface area contributed by atoms with Gasteiger partial charge in [0.1, 0.15) is 12.4 Å². The third-order valence-corrected chi connectivity index (χ3v) is 2.69. The van der Waals surface area contributed by atoms with Gasteiger partial charge in [0.05, 0.1) is 11.8 Å². The number of aromatic nitrogens is 2. The molecule has 1 aromatic carbocycles. The first kappa shape index (κ1) is 12.9. The molecule has 0 amide bonds. The van der Waals surface area contributed by atoms with Crippen LogP contribution < -0.4 is 4.74 Å². The molecule has 18 heavy (non-hydrogen) atoms. The Hall–Kier alpha value is -1.52. The van der Waals surface area contributed by atoms with E-state index < -0.39 is 6.10 Å². The molecule has 96 valence electrons. The molecule has 1 unspecified atom stereocenters. The van der Waals surface area contributed by atoms with Crippen LogP contribution in [0.25, 0.3) is 0 Å². The SMILES string of the molecule is Cn1ccc(CC(O)COc2cccc(Cl)c2)n1. The van der Waals surface area contributed by atoms with Gasteiger partial charge in [0.25, 0.3) is 0 Å². The molecule has 0 aliphatic carbocycles. The van der Waals surface area contributed by atoms with E-state index in [0.29, 0.717) is 17.2 Å². The number of aliphatic hydroxyl groups excluding tert-OH is 1. The standard InChI is InChI=1S/C13H15ClN2O2/c1-16-6-5-11(15-16)8-12(17)9-18-13-4-2-3-10(14)7-13/h2-7,12,17H,8-9H2,1H3. The Morgan fingerprint density at radius 1 is 1.44 bits per heavy atom. The number of aryl methyl sites for hydroxylation is 1. The van der Waals surface area contributed by atoms with Crippen molar-refractivity contribution < 1.29 is 9.84 Å². The fourth-order valence-electron chi connectivity index (χ4n) is 1.62. The van der Waals surface area contributed by atoms with Crippen molar-refractivity contribution in [3.8, 4) is 5.75 Å². The Morgan fingerprint density at radius 2 is 2.28 bits per heavy atom. The van der Waals surface area contributed by atoms with Crippen molar-refractivity contribution in [3.05, 3.63) is 47.2 Å². The van der Waals surface area contributed by atoms with Crippen LogP contribution in [0.15, 0.2) is 36.5 Å². The summed E-state index contributed by atoms with van der Waals surface area (Å²) in [5.41, 5.74) is 0.847. The Morgan fingerprint density at radius 3 is 2.94 bits per heavy atom. The van der Waals surface area contributed by atoms with Gasteiger partial charge in [-0.2, -0.15) is 5.10 Å². The van der Waals surface area contributed by atoms with Gasteiger partial charge in [0.15, 0.2) is 0 Å².